The zero-order valence-corrected chi connectivity index (χ0v) is 9.32. The summed E-state index contributed by atoms with van der Waals surface area (Å²) in [6.45, 7) is 0. The van der Waals surface area contributed by atoms with Gasteiger partial charge in [-0.2, -0.15) is 5.10 Å². The molecular formula is C9H8N3Pt-. The summed E-state index contributed by atoms with van der Waals surface area (Å²) in [5, 5.41) is 7.76. The summed E-state index contributed by atoms with van der Waals surface area (Å²) in [6.07, 6.45) is 1.68. The topological polar surface area (TPSA) is 30.7 Å². The van der Waals surface area contributed by atoms with Gasteiger partial charge in [0.25, 0.3) is 0 Å². The molecule has 1 heterocycles. The van der Waals surface area contributed by atoms with Crippen LogP contribution < -0.4 is 0 Å². The van der Waals surface area contributed by atoms with Crippen LogP contribution in [0.15, 0.2) is 30.6 Å². The van der Waals surface area contributed by atoms with E-state index < -0.39 is 0 Å². The number of hydrogen-bond donors (Lipinski definition) is 0. The largest absolute Gasteiger partial charge is 0.357 e. The average molecular weight is 353 g/mol. The summed E-state index contributed by atoms with van der Waals surface area (Å²) >= 11 is 0. The molecule has 0 saturated heterocycles. The van der Waals surface area contributed by atoms with Crippen LogP contribution in [0.3, 0.4) is 0 Å². The molecule has 0 spiro atoms. The minimum atomic E-state index is 0. The van der Waals surface area contributed by atoms with Crippen LogP contribution >= 0.6 is 0 Å². The molecule has 2 rings (SSSR count). The molecule has 0 unspecified atom stereocenters. The van der Waals surface area contributed by atoms with E-state index in [1.54, 1.807) is 6.33 Å². The summed E-state index contributed by atoms with van der Waals surface area (Å²) in [4.78, 5) is 0. The van der Waals surface area contributed by atoms with E-state index in [1.807, 2.05) is 35.9 Å². The van der Waals surface area contributed by atoms with Crippen molar-refractivity contribution < 1.29 is 21.1 Å². The van der Waals surface area contributed by atoms with Crippen LogP contribution in [0.1, 0.15) is 0 Å². The third-order valence-electron chi connectivity index (χ3n) is 1.66. The number of rotatable bonds is 1. The summed E-state index contributed by atoms with van der Waals surface area (Å²) in [5.41, 5.74) is 0.970. The van der Waals surface area contributed by atoms with Crippen molar-refractivity contribution in [3.63, 3.8) is 0 Å². The molecule has 0 saturated carbocycles. The van der Waals surface area contributed by atoms with Gasteiger partial charge in [-0.3, -0.25) is 0 Å². The second-order valence-corrected chi connectivity index (χ2v) is 2.54. The van der Waals surface area contributed by atoms with Gasteiger partial charge in [0.05, 0.1) is 5.82 Å². The van der Waals surface area contributed by atoms with Gasteiger partial charge in [0, 0.05) is 28.1 Å². The van der Waals surface area contributed by atoms with Gasteiger partial charge in [-0.1, -0.05) is 0 Å². The predicted octanol–water partition coefficient (Wildman–Crippen LogP) is 1.28. The molecule has 0 radical (unpaired) electrons. The van der Waals surface area contributed by atoms with Gasteiger partial charge in [-0.25, -0.2) is 0 Å². The molecule has 0 amide bonds. The summed E-state index contributed by atoms with van der Waals surface area (Å²) < 4.78 is 1.87. The maximum Gasteiger partial charge on any atom is 0.110 e. The van der Waals surface area contributed by atoms with Gasteiger partial charge < -0.3 is 4.57 Å². The predicted molar refractivity (Wildman–Crippen MR) is 45.3 cm³/mol. The number of benzene rings is 1. The molecule has 3 nitrogen and oxygen atoms in total. The van der Waals surface area contributed by atoms with E-state index in [-0.39, 0.29) is 21.1 Å². The van der Waals surface area contributed by atoms with Crippen LogP contribution in [0.25, 0.3) is 11.4 Å². The van der Waals surface area contributed by atoms with E-state index in [2.05, 4.69) is 16.3 Å². The quantitative estimate of drug-likeness (QED) is 0.724. The molecule has 0 bridgehead atoms. The Kier molecular flexibility index (Phi) is 3.38. The Balaban J connectivity index is 0.000000845. The Bertz CT molecular complexity index is 369. The fourth-order valence-electron chi connectivity index (χ4n) is 1.06. The summed E-state index contributed by atoms with van der Waals surface area (Å²) in [7, 11) is 1.91. The average Bonchev–Trinajstić information content (AvgIpc) is 2.53. The molecule has 70 valence electrons. The Morgan fingerprint density at radius 3 is 2.77 bits per heavy atom. The van der Waals surface area contributed by atoms with Gasteiger partial charge in [0.15, 0.2) is 0 Å². The minimum Gasteiger partial charge on any atom is -0.357 e. The Morgan fingerprint density at radius 1 is 1.38 bits per heavy atom. The first-order valence-electron chi connectivity index (χ1n) is 3.69. The molecule has 0 fully saturated rings. The molecule has 4 heteroatoms. The molecule has 0 aliphatic carbocycles. The zero-order chi connectivity index (χ0) is 8.39. The number of aryl methyl sites for hydroxylation is 1. The molecule has 0 aliphatic rings. The van der Waals surface area contributed by atoms with Crippen molar-refractivity contribution in [1.29, 1.82) is 0 Å². The number of nitrogens with zero attached hydrogens (tertiary/aromatic N) is 3. The van der Waals surface area contributed by atoms with E-state index in [1.165, 1.54) is 0 Å². The normalized spacial score (nSPS) is 9.31. The van der Waals surface area contributed by atoms with Crippen LogP contribution in [0.2, 0.25) is 0 Å². The molecular weight excluding hydrogens is 345 g/mol. The molecule has 0 atom stereocenters. The standard InChI is InChI=1S/C9H8N3.Pt/c1-12-7-10-11-9(12)8-5-3-2-4-6-8;/h2-5,7H,1H3;/q-1;. The van der Waals surface area contributed by atoms with E-state index >= 15 is 0 Å². The molecule has 13 heavy (non-hydrogen) atoms. The zero-order valence-electron chi connectivity index (χ0n) is 7.04. The molecule has 2 aromatic rings. The smallest absolute Gasteiger partial charge is 0.110 e. The first kappa shape index (κ1) is 10.1. The van der Waals surface area contributed by atoms with Gasteiger partial charge in [0.1, 0.15) is 6.33 Å². The van der Waals surface area contributed by atoms with Crippen molar-refractivity contribution in [3.8, 4) is 11.4 Å². The molecule has 0 N–H and O–H groups in total. The SMILES string of the molecule is Cn1cnnc1-c1[c-]cccc1.[Pt]. The van der Waals surface area contributed by atoms with Crippen LogP contribution in [-0.2, 0) is 28.1 Å². The molecule has 1 aromatic carbocycles. The summed E-state index contributed by atoms with van der Waals surface area (Å²) in [6, 6.07) is 10.8. The second kappa shape index (κ2) is 4.33. The van der Waals surface area contributed by atoms with E-state index in [0.717, 1.165) is 11.4 Å². The first-order valence-corrected chi connectivity index (χ1v) is 3.69. The van der Waals surface area contributed by atoms with Crippen molar-refractivity contribution in [2.75, 3.05) is 0 Å². The molecule has 1 aromatic heterocycles. The van der Waals surface area contributed by atoms with Crippen molar-refractivity contribution in [3.05, 3.63) is 36.7 Å². The number of hydrogen-bond acceptors (Lipinski definition) is 2. The third-order valence-corrected chi connectivity index (χ3v) is 1.66. The van der Waals surface area contributed by atoms with E-state index in [9.17, 15) is 0 Å². The monoisotopic (exact) mass is 353 g/mol. The minimum absolute atomic E-state index is 0. The van der Waals surface area contributed by atoms with Gasteiger partial charge in [0.2, 0.25) is 0 Å². The third kappa shape index (κ3) is 2.04. The fraction of sp³-hybridized carbons (Fsp3) is 0.111. The Hall–Kier alpha value is -0.952. The maximum atomic E-state index is 3.97. The summed E-state index contributed by atoms with van der Waals surface area (Å²) in [5.74, 6) is 0.843. The van der Waals surface area contributed by atoms with E-state index in [0.29, 0.717) is 0 Å². The first-order chi connectivity index (χ1) is 5.88. The maximum absolute atomic E-state index is 3.97. The van der Waals surface area contributed by atoms with Crippen molar-refractivity contribution in [1.82, 2.24) is 14.8 Å². The van der Waals surface area contributed by atoms with Gasteiger partial charge >= 0.3 is 0 Å². The van der Waals surface area contributed by atoms with Gasteiger partial charge in [-0.05, 0) is 0 Å². The molecule has 0 aliphatic heterocycles. The number of aromatic nitrogens is 3. The van der Waals surface area contributed by atoms with Crippen LogP contribution in [0.5, 0.6) is 0 Å². The van der Waals surface area contributed by atoms with Crippen LogP contribution in [0.4, 0.5) is 0 Å². The fourth-order valence-corrected chi connectivity index (χ4v) is 1.06. The van der Waals surface area contributed by atoms with Crippen molar-refractivity contribution in [2.24, 2.45) is 7.05 Å². The van der Waals surface area contributed by atoms with Crippen molar-refractivity contribution in [2.45, 2.75) is 0 Å². The second-order valence-electron chi connectivity index (χ2n) is 2.54. The van der Waals surface area contributed by atoms with Crippen LogP contribution in [0, 0.1) is 6.07 Å². The van der Waals surface area contributed by atoms with E-state index in [4.69, 9.17) is 0 Å². The Labute approximate surface area is 91.1 Å². The Morgan fingerprint density at radius 2 is 2.23 bits per heavy atom. The van der Waals surface area contributed by atoms with Crippen molar-refractivity contribution >= 4 is 0 Å². The van der Waals surface area contributed by atoms with Crippen LogP contribution in [-0.4, -0.2) is 14.8 Å². The van der Waals surface area contributed by atoms with Gasteiger partial charge in [-0.15, -0.1) is 41.0 Å².